The molecule has 1 saturated heterocycles. The van der Waals surface area contributed by atoms with E-state index in [1.165, 1.54) is 5.69 Å². The molecule has 1 aliphatic rings. The van der Waals surface area contributed by atoms with E-state index in [1.807, 2.05) is 12.1 Å². The number of methoxy groups -OCH3 is 1. The number of piperazine rings is 1. The Hall–Kier alpha value is -2.50. The van der Waals surface area contributed by atoms with E-state index < -0.39 is 0 Å². The van der Waals surface area contributed by atoms with Crippen LogP contribution in [-0.2, 0) is 0 Å². The average Bonchev–Trinajstić information content (AvgIpc) is 2.74. The summed E-state index contributed by atoms with van der Waals surface area (Å²) < 4.78 is 5.52. The number of hydrogen-bond acceptors (Lipinski definition) is 6. The first-order valence-corrected chi connectivity index (χ1v) is 9.96. The zero-order valence-electron chi connectivity index (χ0n) is 16.8. The van der Waals surface area contributed by atoms with Crippen LogP contribution in [0.5, 0.6) is 5.75 Å². The summed E-state index contributed by atoms with van der Waals surface area (Å²) >= 11 is 0. The summed E-state index contributed by atoms with van der Waals surface area (Å²) in [4.78, 5) is 16.2. The van der Waals surface area contributed by atoms with Gasteiger partial charge in [-0.05, 0) is 25.0 Å². The third kappa shape index (κ3) is 4.62. The molecule has 0 aliphatic carbocycles. The van der Waals surface area contributed by atoms with Gasteiger partial charge in [-0.25, -0.2) is 9.97 Å². The summed E-state index contributed by atoms with van der Waals surface area (Å²) in [5, 5.41) is 0. The van der Waals surface area contributed by atoms with E-state index in [1.54, 1.807) is 13.4 Å². The molecule has 0 unspecified atom stereocenters. The highest BCUT2D eigenvalue weighted by Gasteiger charge is 2.21. The zero-order chi connectivity index (χ0) is 19.1. The molecule has 146 valence electrons. The highest BCUT2D eigenvalue weighted by atomic mass is 16.5. The summed E-state index contributed by atoms with van der Waals surface area (Å²) in [6.07, 6.45) is 3.95. The SMILES string of the molecule is CCCN(CCC)c1cc(N2CCN(c3ccccc3OC)CC2)ncn1. The van der Waals surface area contributed by atoms with E-state index >= 15 is 0 Å². The Morgan fingerprint density at radius 2 is 1.63 bits per heavy atom. The summed E-state index contributed by atoms with van der Waals surface area (Å²) in [6.45, 7) is 10.3. The number of benzene rings is 1. The predicted octanol–water partition coefficient (Wildman–Crippen LogP) is 3.44. The van der Waals surface area contributed by atoms with Gasteiger partial charge in [-0.1, -0.05) is 26.0 Å². The first kappa shape index (κ1) is 19.3. The molecule has 1 aromatic carbocycles. The number of para-hydroxylation sites is 2. The Balaban J connectivity index is 1.68. The number of anilines is 3. The highest BCUT2D eigenvalue weighted by molar-refractivity contribution is 5.60. The van der Waals surface area contributed by atoms with Crippen molar-refractivity contribution in [3.05, 3.63) is 36.7 Å². The van der Waals surface area contributed by atoms with Crippen molar-refractivity contribution in [1.82, 2.24) is 9.97 Å². The minimum Gasteiger partial charge on any atom is -0.495 e. The first-order chi connectivity index (χ1) is 13.3. The van der Waals surface area contributed by atoms with Gasteiger partial charge in [0.1, 0.15) is 23.7 Å². The Morgan fingerprint density at radius 1 is 0.963 bits per heavy atom. The molecule has 1 aliphatic heterocycles. The van der Waals surface area contributed by atoms with Crippen molar-refractivity contribution >= 4 is 17.3 Å². The second-order valence-corrected chi connectivity index (χ2v) is 6.87. The van der Waals surface area contributed by atoms with E-state index in [4.69, 9.17) is 4.74 Å². The van der Waals surface area contributed by atoms with Crippen LogP contribution in [0.25, 0.3) is 0 Å². The van der Waals surface area contributed by atoms with Crippen LogP contribution in [0.4, 0.5) is 17.3 Å². The molecule has 27 heavy (non-hydrogen) atoms. The van der Waals surface area contributed by atoms with Gasteiger partial charge in [0.05, 0.1) is 12.8 Å². The van der Waals surface area contributed by atoms with Crippen molar-refractivity contribution in [3.63, 3.8) is 0 Å². The van der Waals surface area contributed by atoms with Gasteiger partial charge in [0.2, 0.25) is 0 Å². The van der Waals surface area contributed by atoms with Crippen LogP contribution in [-0.4, -0.2) is 56.3 Å². The van der Waals surface area contributed by atoms with Crippen molar-refractivity contribution < 1.29 is 4.74 Å². The third-order valence-corrected chi connectivity index (χ3v) is 4.98. The van der Waals surface area contributed by atoms with Crippen LogP contribution in [0.15, 0.2) is 36.7 Å². The average molecular weight is 370 g/mol. The van der Waals surface area contributed by atoms with Gasteiger partial charge in [-0.3, -0.25) is 0 Å². The van der Waals surface area contributed by atoms with Crippen LogP contribution in [0.1, 0.15) is 26.7 Å². The lowest BCUT2D eigenvalue weighted by atomic mass is 10.2. The predicted molar refractivity (Wildman–Crippen MR) is 112 cm³/mol. The fourth-order valence-corrected chi connectivity index (χ4v) is 3.63. The first-order valence-electron chi connectivity index (χ1n) is 9.96. The third-order valence-electron chi connectivity index (χ3n) is 4.98. The Morgan fingerprint density at radius 3 is 2.30 bits per heavy atom. The summed E-state index contributed by atoms with van der Waals surface area (Å²) in [5.74, 6) is 3.00. The van der Waals surface area contributed by atoms with Gasteiger partial charge in [-0.2, -0.15) is 0 Å². The van der Waals surface area contributed by atoms with E-state index in [0.29, 0.717) is 0 Å². The van der Waals surface area contributed by atoms with Crippen molar-refractivity contribution in [1.29, 1.82) is 0 Å². The number of hydrogen-bond donors (Lipinski definition) is 0. The lowest BCUT2D eigenvalue weighted by Crippen LogP contribution is -2.47. The molecular formula is C21H31N5O. The Kier molecular flexibility index (Phi) is 6.74. The van der Waals surface area contributed by atoms with Gasteiger partial charge in [0, 0.05) is 45.3 Å². The quantitative estimate of drug-likeness (QED) is 0.710. The normalized spacial score (nSPS) is 14.3. The summed E-state index contributed by atoms with van der Waals surface area (Å²) in [5.41, 5.74) is 1.17. The maximum absolute atomic E-state index is 5.52. The molecule has 0 spiro atoms. The maximum atomic E-state index is 5.52. The van der Waals surface area contributed by atoms with E-state index in [9.17, 15) is 0 Å². The van der Waals surface area contributed by atoms with Gasteiger partial charge in [-0.15, -0.1) is 0 Å². The second kappa shape index (κ2) is 9.44. The maximum Gasteiger partial charge on any atom is 0.142 e. The topological polar surface area (TPSA) is 44.7 Å². The lowest BCUT2D eigenvalue weighted by Gasteiger charge is -2.37. The molecule has 6 nitrogen and oxygen atoms in total. The lowest BCUT2D eigenvalue weighted by molar-refractivity contribution is 0.413. The zero-order valence-corrected chi connectivity index (χ0v) is 16.8. The minimum absolute atomic E-state index is 0.935. The smallest absolute Gasteiger partial charge is 0.142 e. The van der Waals surface area contributed by atoms with Gasteiger partial charge < -0.3 is 19.4 Å². The highest BCUT2D eigenvalue weighted by Crippen LogP contribution is 2.29. The van der Waals surface area contributed by atoms with Crippen LogP contribution in [0.2, 0.25) is 0 Å². The minimum atomic E-state index is 0.935. The van der Waals surface area contributed by atoms with Gasteiger partial charge in [0.25, 0.3) is 0 Å². The molecule has 3 rings (SSSR count). The fraction of sp³-hybridized carbons (Fsp3) is 0.524. The van der Waals surface area contributed by atoms with Crippen molar-refractivity contribution in [2.75, 3.05) is 61.1 Å². The Bertz CT molecular complexity index is 709. The molecule has 1 fully saturated rings. The molecule has 2 aromatic rings. The second-order valence-electron chi connectivity index (χ2n) is 6.87. The molecule has 1 aromatic heterocycles. The van der Waals surface area contributed by atoms with E-state index in [0.717, 1.165) is 69.5 Å². The molecule has 0 atom stereocenters. The van der Waals surface area contributed by atoms with E-state index in [2.05, 4.69) is 56.7 Å². The monoisotopic (exact) mass is 369 g/mol. The summed E-state index contributed by atoms with van der Waals surface area (Å²) in [6, 6.07) is 10.4. The molecule has 6 heteroatoms. The fourth-order valence-electron chi connectivity index (χ4n) is 3.63. The van der Waals surface area contributed by atoms with Crippen LogP contribution < -0.4 is 19.4 Å². The molecule has 0 saturated carbocycles. The summed E-state index contributed by atoms with van der Waals surface area (Å²) in [7, 11) is 1.73. The van der Waals surface area contributed by atoms with Gasteiger partial charge in [0.15, 0.2) is 0 Å². The molecule has 0 radical (unpaired) electrons. The van der Waals surface area contributed by atoms with Crippen molar-refractivity contribution in [2.24, 2.45) is 0 Å². The number of rotatable bonds is 8. The molecule has 0 bridgehead atoms. The number of ether oxygens (including phenoxy) is 1. The van der Waals surface area contributed by atoms with Crippen LogP contribution in [0, 0.1) is 0 Å². The molecule has 2 heterocycles. The Labute approximate surface area is 162 Å². The van der Waals surface area contributed by atoms with Crippen LogP contribution in [0.3, 0.4) is 0 Å². The number of nitrogens with zero attached hydrogens (tertiary/aromatic N) is 5. The molecular weight excluding hydrogens is 338 g/mol. The largest absolute Gasteiger partial charge is 0.495 e. The number of aromatic nitrogens is 2. The standard InChI is InChI=1S/C21H31N5O/c1-4-10-25(11-5-2)20-16-21(23-17-22-20)26-14-12-24(13-15-26)18-8-6-7-9-19(18)27-3/h6-9,16-17H,4-5,10-15H2,1-3H3. The van der Waals surface area contributed by atoms with Crippen LogP contribution >= 0.6 is 0 Å². The van der Waals surface area contributed by atoms with E-state index in [-0.39, 0.29) is 0 Å². The molecule has 0 N–H and O–H groups in total. The van der Waals surface area contributed by atoms with Crippen molar-refractivity contribution in [3.8, 4) is 5.75 Å². The molecule has 0 amide bonds. The van der Waals surface area contributed by atoms with Crippen molar-refractivity contribution in [2.45, 2.75) is 26.7 Å². The van der Waals surface area contributed by atoms with Gasteiger partial charge >= 0.3 is 0 Å².